The summed E-state index contributed by atoms with van der Waals surface area (Å²) in [5.74, 6) is 0.874. The third-order valence-electron chi connectivity index (χ3n) is 5.74. The maximum absolute atomic E-state index is 14.1. The zero-order chi connectivity index (χ0) is 22.9. The van der Waals surface area contributed by atoms with Crippen molar-refractivity contribution < 1.29 is 13.9 Å². The van der Waals surface area contributed by atoms with E-state index in [-0.39, 0.29) is 35.7 Å². The molecule has 3 rings (SSSR count). The van der Waals surface area contributed by atoms with Gasteiger partial charge in [0.25, 0.3) is 0 Å². The number of halogens is 2. The van der Waals surface area contributed by atoms with E-state index in [1.807, 2.05) is 30.0 Å². The fourth-order valence-electron chi connectivity index (χ4n) is 4.00. The molecule has 10 heteroatoms. The number of hydrogen-bond acceptors (Lipinski definition) is 5. The van der Waals surface area contributed by atoms with E-state index >= 15 is 0 Å². The summed E-state index contributed by atoms with van der Waals surface area (Å²) >= 11 is 0. The molecule has 0 unspecified atom stereocenters. The Morgan fingerprint density at radius 2 is 1.82 bits per heavy atom. The Bertz CT molecular complexity index is 780. The molecule has 2 aliphatic rings. The largest absolute Gasteiger partial charge is 0.378 e. The normalized spacial score (nSPS) is 17.8. The number of carbonyl (C=O) groups is 1. The van der Waals surface area contributed by atoms with Gasteiger partial charge >= 0.3 is 0 Å². The van der Waals surface area contributed by atoms with Crippen LogP contribution in [-0.2, 0) is 22.6 Å². The van der Waals surface area contributed by atoms with Crippen LogP contribution in [0.5, 0.6) is 0 Å². The number of piperazine rings is 1. The molecule has 33 heavy (non-hydrogen) atoms. The highest BCUT2D eigenvalue weighted by atomic mass is 127. The lowest BCUT2D eigenvalue weighted by molar-refractivity contribution is -0.136. The second kappa shape index (κ2) is 14.0. The topological polar surface area (TPSA) is 63.7 Å². The zero-order valence-electron chi connectivity index (χ0n) is 20.1. The van der Waals surface area contributed by atoms with Gasteiger partial charge in [0, 0.05) is 57.9 Å². The van der Waals surface area contributed by atoms with Crippen LogP contribution in [0.3, 0.4) is 0 Å². The van der Waals surface area contributed by atoms with E-state index in [4.69, 9.17) is 9.73 Å². The van der Waals surface area contributed by atoms with E-state index in [0.717, 1.165) is 44.2 Å². The number of benzene rings is 1. The van der Waals surface area contributed by atoms with Gasteiger partial charge in [-0.2, -0.15) is 0 Å². The maximum Gasteiger partial charge on any atom is 0.236 e. The molecule has 1 aromatic carbocycles. The summed E-state index contributed by atoms with van der Waals surface area (Å²) in [6.45, 7) is 10.3. The van der Waals surface area contributed by atoms with Gasteiger partial charge in [-0.15, -0.1) is 24.0 Å². The first-order chi connectivity index (χ1) is 15.5. The molecule has 0 saturated carbocycles. The van der Waals surface area contributed by atoms with Crippen LogP contribution in [0.4, 0.5) is 4.39 Å². The molecule has 0 spiro atoms. The molecule has 1 N–H and O–H groups in total. The van der Waals surface area contributed by atoms with E-state index in [1.54, 1.807) is 6.07 Å². The molecule has 2 aliphatic heterocycles. The number of amides is 1. The molecular formula is C23H38FIN6O2. The highest BCUT2D eigenvalue weighted by molar-refractivity contribution is 14.0. The van der Waals surface area contributed by atoms with E-state index in [1.165, 1.54) is 6.07 Å². The van der Waals surface area contributed by atoms with Gasteiger partial charge in [-0.3, -0.25) is 9.69 Å². The van der Waals surface area contributed by atoms with Gasteiger partial charge < -0.3 is 24.8 Å². The summed E-state index contributed by atoms with van der Waals surface area (Å²) in [7, 11) is 3.86. The summed E-state index contributed by atoms with van der Waals surface area (Å²) in [5, 5.41) is 3.37. The predicted molar refractivity (Wildman–Crippen MR) is 139 cm³/mol. The molecule has 186 valence electrons. The summed E-state index contributed by atoms with van der Waals surface area (Å²) in [4.78, 5) is 25.6. The molecule has 1 amide bonds. The molecular weight excluding hydrogens is 538 g/mol. The summed E-state index contributed by atoms with van der Waals surface area (Å²) in [6.07, 6.45) is 0. The molecule has 2 saturated heterocycles. The Hall–Kier alpha value is -1.50. The maximum atomic E-state index is 14.1. The first-order valence-corrected chi connectivity index (χ1v) is 11.5. The minimum atomic E-state index is -0.180. The molecule has 0 aromatic heterocycles. The molecule has 1 aromatic rings. The van der Waals surface area contributed by atoms with Crippen LogP contribution >= 0.6 is 24.0 Å². The lowest BCUT2D eigenvalue weighted by Crippen LogP contribution is -2.54. The van der Waals surface area contributed by atoms with Gasteiger partial charge in [-0.05, 0) is 38.7 Å². The van der Waals surface area contributed by atoms with Gasteiger partial charge in [0.1, 0.15) is 5.82 Å². The van der Waals surface area contributed by atoms with Gasteiger partial charge in [-0.25, -0.2) is 9.38 Å². The van der Waals surface area contributed by atoms with Crippen molar-refractivity contribution in [2.45, 2.75) is 20.0 Å². The molecule has 8 nitrogen and oxygen atoms in total. The first-order valence-electron chi connectivity index (χ1n) is 11.5. The molecule has 0 bridgehead atoms. The van der Waals surface area contributed by atoms with Gasteiger partial charge in [0.15, 0.2) is 5.96 Å². The third kappa shape index (κ3) is 8.66. The van der Waals surface area contributed by atoms with Crippen LogP contribution in [0.15, 0.2) is 23.2 Å². The number of ether oxygens (including phenoxy) is 1. The number of aliphatic imine (C=N–C) groups is 1. The molecule has 0 radical (unpaired) electrons. The third-order valence-corrected chi connectivity index (χ3v) is 5.74. The van der Waals surface area contributed by atoms with E-state index in [9.17, 15) is 9.18 Å². The van der Waals surface area contributed by atoms with Gasteiger partial charge in [0.2, 0.25) is 5.91 Å². The summed E-state index contributed by atoms with van der Waals surface area (Å²) in [6, 6.07) is 5.23. The number of rotatable bonds is 7. The minimum Gasteiger partial charge on any atom is -0.378 e. The standard InChI is InChI=1S/C23H37FN6O2.HI/c1-4-25-23(26-16-19-5-6-21(24)20(15-19)17-27(2)3)30-9-7-28(8-10-30)18-22(31)29-11-13-32-14-12-29;/h5-6,15H,4,7-14,16-18H2,1-3H3,(H,25,26);1H. The minimum absolute atomic E-state index is 0. The lowest BCUT2D eigenvalue weighted by atomic mass is 10.1. The van der Waals surface area contributed by atoms with Gasteiger partial charge in [-0.1, -0.05) is 6.07 Å². The zero-order valence-corrected chi connectivity index (χ0v) is 22.4. The molecule has 0 atom stereocenters. The average molecular weight is 576 g/mol. The van der Waals surface area contributed by atoms with Crippen LogP contribution < -0.4 is 5.32 Å². The van der Waals surface area contributed by atoms with Crippen molar-refractivity contribution >= 4 is 35.8 Å². The fourth-order valence-corrected chi connectivity index (χ4v) is 4.00. The highest BCUT2D eigenvalue weighted by Crippen LogP contribution is 2.14. The number of morpholine rings is 1. The van der Waals surface area contributed by atoms with Crippen LogP contribution in [0, 0.1) is 5.82 Å². The van der Waals surface area contributed by atoms with E-state index in [0.29, 0.717) is 51.5 Å². The van der Waals surface area contributed by atoms with Crippen molar-refractivity contribution in [1.82, 2.24) is 24.9 Å². The van der Waals surface area contributed by atoms with Crippen LogP contribution in [0.1, 0.15) is 18.1 Å². The van der Waals surface area contributed by atoms with Gasteiger partial charge in [0.05, 0.1) is 26.3 Å². The monoisotopic (exact) mass is 576 g/mol. The lowest BCUT2D eigenvalue weighted by Gasteiger charge is -2.37. The number of nitrogens with zero attached hydrogens (tertiary/aromatic N) is 5. The molecule has 0 aliphatic carbocycles. The van der Waals surface area contributed by atoms with Crippen molar-refractivity contribution in [2.75, 3.05) is 79.7 Å². The van der Waals surface area contributed by atoms with Crippen molar-refractivity contribution in [2.24, 2.45) is 4.99 Å². The van der Waals surface area contributed by atoms with E-state index < -0.39 is 0 Å². The quantitative estimate of drug-likeness (QED) is 0.302. The highest BCUT2D eigenvalue weighted by Gasteiger charge is 2.24. The van der Waals surface area contributed by atoms with Crippen molar-refractivity contribution in [3.63, 3.8) is 0 Å². The second-order valence-electron chi connectivity index (χ2n) is 8.59. The Kier molecular flexibility index (Phi) is 11.8. The van der Waals surface area contributed by atoms with E-state index in [2.05, 4.69) is 22.0 Å². The number of hydrogen-bond donors (Lipinski definition) is 1. The smallest absolute Gasteiger partial charge is 0.236 e. The van der Waals surface area contributed by atoms with Crippen molar-refractivity contribution in [3.8, 4) is 0 Å². The average Bonchev–Trinajstić information content (AvgIpc) is 2.79. The van der Waals surface area contributed by atoms with Crippen LogP contribution in [0.2, 0.25) is 0 Å². The summed E-state index contributed by atoms with van der Waals surface area (Å²) in [5.41, 5.74) is 1.68. The number of nitrogens with one attached hydrogen (secondary N) is 1. The fraction of sp³-hybridized carbons (Fsp3) is 0.652. The summed E-state index contributed by atoms with van der Waals surface area (Å²) < 4.78 is 19.4. The predicted octanol–water partition coefficient (Wildman–Crippen LogP) is 1.45. The first kappa shape index (κ1) is 27.7. The molecule has 2 heterocycles. The Morgan fingerprint density at radius 1 is 1.12 bits per heavy atom. The Balaban J connectivity index is 0.00000385. The number of carbonyl (C=O) groups excluding carboxylic acids is 1. The Morgan fingerprint density at radius 3 is 2.45 bits per heavy atom. The van der Waals surface area contributed by atoms with Crippen LogP contribution in [0.25, 0.3) is 0 Å². The number of guanidine groups is 1. The van der Waals surface area contributed by atoms with Crippen LogP contribution in [-0.4, -0.2) is 111 Å². The molecule has 2 fully saturated rings. The SMILES string of the molecule is CCNC(=NCc1ccc(F)c(CN(C)C)c1)N1CCN(CC(=O)N2CCOCC2)CC1.I. The van der Waals surface area contributed by atoms with Crippen molar-refractivity contribution in [1.29, 1.82) is 0 Å². The Labute approximate surface area is 214 Å². The second-order valence-corrected chi connectivity index (χ2v) is 8.59. The van der Waals surface area contributed by atoms with Crippen molar-refractivity contribution in [3.05, 3.63) is 35.1 Å².